The summed E-state index contributed by atoms with van der Waals surface area (Å²) in [5.41, 5.74) is 4.21. The van der Waals surface area contributed by atoms with Gasteiger partial charge in [0, 0.05) is 32.2 Å². The first kappa shape index (κ1) is 22.4. The molecule has 2 N–H and O–H groups in total. The lowest BCUT2D eigenvalue weighted by Gasteiger charge is -2.32. The Morgan fingerprint density at radius 3 is 2.67 bits per heavy atom. The second-order valence-corrected chi connectivity index (χ2v) is 9.24. The molecule has 1 aliphatic rings. The van der Waals surface area contributed by atoms with Gasteiger partial charge in [-0.1, -0.05) is 24.3 Å². The van der Waals surface area contributed by atoms with E-state index in [-0.39, 0.29) is 17.5 Å². The van der Waals surface area contributed by atoms with Crippen LogP contribution in [-0.4, -0.2) is 59.6 Å². The first-order valence-electron chi connectivity index (χ1n) is 12.2. The Labute approximate surface area is 206 Å². The molecular weight excluding hydrogens is 459 g/mol. The van der Waals surface area contributed by atoms with Crippen LogP contribution in [0.5, 0.6) is 0 Å². The number of nitrogens with zero attached hydrogens (tertiary/aromatic N) is 6. The minimum Gasteiger partial charge on any atom is -0.353 e. The lowest BCUT2D eigenvalue weighted by molar-refractivity contribution is 0.211. The fourth-order valence-electron chi connectivity index (χ4n) is 4.96. The fourth-order valence-corrected chi connectivity index (χ4v) is 4.96. The molecular formula is C26H27FN8O. The van der Waals surface area contributed by atoms with Gasteiger partial charge < -0.3 is 15.2 Å². The number of para-hydroxylation sites is 2. The third-order valence-electron chi connectivity index (χ3n) is 6.91. The standard InChI is InChI=1S/C26H27FN8O/c27-19-7-5-18(6-8-19)16-35-24-22(15-28-17-29-24)31-25(35)30-20-9-11-33(12-10-20)13-14-34-23-4-2-1-3-21(23)32-26(34)36/h1-8,15,17,20H,9-14,16H2,(H,30,31)(H,32,36). The summed E-state index contributed by atoms with van der Waals surface area (Å²) in [6.45, 7) is 3.90. The number of hydrogen-bond donors (Lipinski definition) is 2. The lowest BCUT2D eigenvalue weighted by atomic mass is 10.1. The molecule has 36 heavy (non-hydrogen) atoms. The van der Waals surface area contributed by atoms with E-state index in [2.05, 4.69) is 25.2 Å². The molecule has 1 aliphatic heterocycles. The van der Waals surface area contributed by atoms with Crippen molar-refractivity contribution in [3.05, 3.63) is 82.9 Å². The number of halogens is 1. The second-order valence-electron chi connectivity index (χ2n) is 9.24. The Balaban J connectivity index is 1.12. The number of aromatic nitrogens is 6. The summed E-state index contributed by atoms with van der Waals surface area (Å²) in [5.74, 6) is 0.495. The van der Waals surface area contributed by atoms with Crippen LogP contribution in [0.15, 0.2) is 65.8 Å². The van der Waals surface area contributed by atoms with Crippen molar-refractivity contribution >= 4 is 28.1 Å². The Kier molecular flexibility index (Phi) is 5.94. The van der Waals surface area contributed by atoms with Crippen molar-refractivity contribution in [3.63, 3.8) is 0 Å². The number of nitrogens with one attached hydrogen (secondary N) is 2. The van der Waals surface area contributed by atoms with Crippen molar-refractivity contribution in [3.8, 4) is 0 Å². The highest BCUT2D eigenvalue weighted by molar-refractivity contribution is 5.75. The Hall–Kier alpha value is -4.05. The van der Waals surface area contributed by atoms with E-state index in [9.17, 15) is 9.18 Å². The molecule has 184 valence electrons. The van der Waals surface area contributed by atoms with E-state index in [0.29, 0.717) is 13.1 Å². The zero-order valence-corrected chi connectivity index (χ0v) is 19.8. The largest absolute Gasteiger partial charge is 0.353 e. The van der Waals surface area contributed by atoms with E-state index in [1.807, 2.05) is 33.4 Å². The van der Waals surface area contributed by atoms with Crippen LogP contribution in [0.1, 0.15) is 18.4 Å². The number of imidazole rings is 2. The van der Waals surface area contributed by atoms with Gasteiger partial charge in [0.1, 0.15) is 17.7 Å². The van der Waals surface area contributed by atoms with Crippen molar-refractivity contribution in [1.82, 2.24) is 34.0 Å². The van der Waals surface area contributed by atoms with E-state index in [1.54, 1.807) is 18.3 Å². The minimum atomic E-state index is -0.253. The summed E-state index contributed by atoms with van der Waals surface area (Å²) in [6, 6.07) is 14.6. The molecule has 5 aromatic rings. The monoisotopic (exact) mass is 486 g/mol. The minimum absolute atomic E-state index is 0.0593. The number of likely N-dealkylation sites (tertiary alicyclic amines) is 1. The van der Waals surface area contributed by atoms with E-state index in [0.717, 1.165) is 66.2 Å². The number of aromatic amines is 1. The molecule has 3 aromatic heterocycles. The van der Waals surface area contributed by atoms with Crippen LogP contribution in [0.3, 0.4) is 0 Å². The molecule has 9 nitrogen and oxygen atoms in total. The third kappa shape index (κ3) is 4.47. The third-order valence-corrected chi connectivity index (χ3v) is 6.91. The van der Waals surface area contributed by atoms with Crippen LogP contribution in [0.2, 0.25) is 0 Å². The SMILES string of the molecule is O=c1[nH]c2ccccc2n1CCN1CCC(Nc2nc3cncnc3n2Cc2ccc(F)cc2)CC1. The molecule has 4 heterocycles. The number of benzene rings is 2. The van der Waals surface area contributed by atoms with Gasteiger partial charge in [-0.3, -0.25) is 9.13 Å². The first-order chi connectivity index (χ1) is 17.6. The quantitative estimate of drug-likeness (QED) is 0.367. The molecule has 1 saturated heterocycles. The molecule has 0 amide bonds. The van der Waals surface area contributed by atoms with E-state index < -0.39 is 0 Å². The second kappa shape index (κ2) is 9.54. The topological polar surface area (TPSA) is 96.7 Å². The predicted octanol–water partition coefficient (Wildman–Crippen LogP) is 3.23. The Bertz CT molecular complexity index is 1550. The molecule has 6 rings (SSSR count). The van der Waals surface area contributed by atoms with Crippen LogP contribution in [0, 0.1) is 5.82 Å². The molecule has 0 bridgehead atoms. The van der Waals surface area contributed by atoms with E-state index in [1.165, 1.54) is 18.5 Å². The van der Waals surface area contributed by atoms with Crippen molar-refractivity contribution in [2.45, 2.75) is 32.0 Å². The van der Waals surface area contributed by atoms with Crippen molar-refractivity contribution in [2.24, 2.45) is 0 Å². The average Bonchev–Trinajstić information content (AvgIpc) is 3.41. The maximum atomic E-state index is 13.4. The van der Waals surface area contributed by atoms with E-state index >= 15 is 0 Å². The Morgan fingerprint density at radius 1 is 1.03 bits per heavy atom. The number of piperidine rings is 1. The predicted molar refractivity (Wildman–Crippen MR) is 136 cm³/mol. The maximum absolute atomic E-state index is 13.4. The lowest BCUT2D eigenvalue weighted by Crippen LogP contribution is -2.41. The highest BCUT2D eigenvalue weighted by atomic mass is 19.1. The number of hydrogen-bond acceptors (Lipinski definition) is 6. The molecule has 10 heteroatoms. The maximum Gasteiger partial charge on any atom is 0.326 e. The molecule has 0 radical (unpaired) electrons. The van der Waals surface area contributed by atoms with Gasteiger partial charge in [0.2, 0.25) is 5.95 Å². The summed E-state index contributed by atoms with van der Waals surface area (Å²) >= 11 is 0. The van der Waals surface area contributed by atoms with Gasteiger partial charge in [-0.25, -0.2) is 24.1 Å². The zero-order valence-electron chi connectivity index (χ0n) is 19.8. The van der Waals surface area contributed by atoms with Crippen molar-refractivity contribution < 1.29 is 4.39 Å². The van der Waals surface area contributed by atoms with Gasteiger partial charge in [0.15, 0.2) is 5.65 Å². The molecule has 0 aliphatic carbocycles. The molecule has 1 fully saturated rings. The molecule has 0 unspecified atom stereocenters. The summed E-state index contributed by atoms with van der Waals surface area (Å²) in [6.07, 6.45) is 5.17. The Morgan fingerprint density at radius 2 is 1.83 bits per heavy atom. The van der Waals surface area contributed by atoms with Crippen LogP contribution < -0.4 is 11.0 Å². The van der Waals surface area contributed by atoms with Crippen molar-refractivity contribution in [1.29, 1.82) is 0 Å². The summed E-state index contributed by atoms with van der Waals surface area (Å²) in [5, 5.41) is 3.62. The molecule has 0 spiro atoms. The van der Waals surface area contributed by atoms with Gasteiger partial charge in [-0.2, -0.15) is 0 Å². The van der Waals surface area contributed by atoms with Gasteiger partial charge >= 0.3 is 5.69 Å². The highest BCUT2D eigenvalue weighted by Gasteiger charge is 2.22. The molecule has 2 aromatic carbocycles. The summed E-state index contributed by atoms with van der Waals surface area (Å²) < 4.78 is 17.2. The van der Waals surface area contributed by atoms with Crippen LogP contribution in [-0.2, 0) is 13.1 Å². The van der Waals surface area contributed by atoms with Gasteiger partial charge in [0.05, 0.1) is 23.8 Å². The van der Waals surface area contributed by atoms with Gasteiger partial charge in [-0.05, 0) is 42.7 Å². The van der Waals surface area contributed by atoms with Gasteiger partial charge in [0.25, 0.3) is 0 Å². The summed E-state index contributed by atoms with van der Waals surface area (Å²) in [7, 11) is 0. The highest BCUT2D eigenvalue weighted by Crippen LogP contribution is 2.22. The molecule has 0 atom stereocenters. The normalized spacial score (nSPS) is 15.1. The number of H-pyrrole nitrogens is 1. The van der Waals surface area contributed by atoms with E-state index in [4.69, 9.17) is 4.98 Å². The number of fused-ring (bicyclic) bond motifs is 2. The number of rotatable bonds is 7. The number of anilines is 1. The van der Waals surface area contributed by atoms with Crippen LogP contribution in [0.4, 0.5) is 10.3 Å². The summed E-state index contributed by atoms with van der Waals surface area (Å²) in [4.78, 5) is 31.0. The van der Waals surface area contributed by atoms with Crippen molar-refractivity contribution in [2.75, 3.05) is 25.0 Å². The molecule has 0 saturated carbocycles. The smallest absolute Gasteiger partial charge is 0.326 e. The fraction of sp³-hybridized carbons (Fsp3) is 0.308. The van der Waals surface area contributed by atoms with Crippen LogP contribution >= 0.6 is 0 Å². The zero-order chi connectivity index (χ0) is 24.5. The van der Waals surface area contributed by atoms with Crippen LogP contribution in [0.25, 0.3) is 22.2 Å². The first-order valence-corrected chi connectivity index (χ1v) is 12.2. The van der Waals surface area contributed by atoms with Gasteiger partial charge in [-0.15, -0.1) is 0 Å². The average molecular weight is 487 g/mol.